The number of fused-ring (bicyclic) bond motifs is 1. The first-order valence-electron chi connectivity index (χ1n) is 9.38. The molecule has 3 aromatic rings. The van der Waals surface area contributed by atoms with Crippen LogP contribution in [0.4, 0.5) is 5.82 Å². The normalized spacial score (nSPS) is 18.3. The Balaban J connectivity index is 1.55. The van der Waals surface area contributed by atoms with Crippen LogP contribution < -0.4 is 4.90 Å². The van der Waals surface area contributed by atoms with Gasteiger partial charge < -0.3 is 14.5 Å². The Kier molecular flexibility index (Phi) is 5.05. The van der Waals surface area contributed by atoms with Gasteiger partial charge in [0.05, 0.1) is 5.69 Å². The van der Waals surface area contributed by atoms with E-state index in [-0.39, 0.29) is 12.6 Å². The first-order chi connectivity index (χ1) is 13.2. The predicted molar refractivity (Wildman–Crippen MR) is 104 cm³/mol. The number of benzene rings is 1. The Morgan fingerprint density at radius 3 is 2.74 bits per heavy atom. The SMILES string of the molecule is Cc1ccc(CN2CCN(c3ncnc4onc(C)c34)C[C@@H]2CCO)cc1. The van der Waals surface area contributed by atoms with E-state index in [1.165, 1.54) is 17.5 Å². The molecule has 0 aliphatic carbocycles. The molecule has 0 amide bonds. The molecule has 3 heterocycles. The molecule has 4 rings (SSSR count). The summed E-state index contributed by atoms with van der Waals surface area (Å²) >= 11 is 0. The number of aryl methyl sites for hydroxylation is 2. The van der Waals surface area contributed by atoms with Crippen LogP contribution in [0.15, 0.2) is 35.1 Å². The van der Waals surface area contributed by atoms with Crippen LogP contribution in [0.1, 0.15) is 23.2 Å². The van der Waals surface area contributed by atoms with E-state index in [1.807, 2.05) is 6.92 Å². The Bertz CT molecular complexity index is 908. The van der Waals surface area contributed by atoms with Crippen LogP contribution >= 0.6 is 0 Å². The lowest BCUT2D eigenvalue weighted by Gasteiger charge is -2.42. The summed E-state index contributed by atoms with van der Waals surface area (Å²) in [6.07, 6.45) is 2.27. The Morgan fingerprint density at radius 2 is 1.96 bits per heavy atom. The van der Waals surface area contributed by atoms with Gasteiger partial charge in [0.25, 0.3) is 5.71 Å². The number of aromatic nitrogens is 3. The zero-order chi connectivity index (χ0) is 18.8. The molecule has 0 unspecified atom stereocenters. The van der Waals surface area contributed by atoms with E-state index in [4.69, 9.17) is 4.52 Å². The number of hydrogen-bond acceptors (Lipinski definition) is 7. The lowest BCUT2D eigenvalue weighted by molar-refractivity contribution is 0.135. The first kappa shape index (κ1) is 17.9. The van der Waals surface area contributed by atoms with Crippen LogP contribution in [-0.2, 0) is 6.54 Å². The number of nitrogens with zero attached hydrogens (tertiary/aromatic N) is 5. The third kappa shape index (κ3) is 3.65. The highest BCUT2D eigenvalue weighted by molar-refractivity contribution is 5.87. The van der Waals surface area contributed by atoms with Crippen LogP contribution in [0.5, 0.6) is 0 Å². The van der Waals surface area contributed by atoms with Crippen molar-refractivity contribution in [1.82, 2.24) is 20.0 Å². The number of piperazine rings is 1. The molecule has 142 valence electrons. The molecule has 0 radical (unpaired) electrons. The molecule has 1 aliphatic rings. The molecule has 1 aliphatic heterocycles. The van der Waals surface area contributed by atoms with Crippen molar-refractivity contribution in [3.05, 3.63) is 47.4 Å². The van der Waals surface area contributed by atoms with E-state index < -0.39 is 0 Å². The summed E-state index contributed by atoms with van der Waals surface area (Å²) in [5.41, 5.74) is 3.91. The maximum Gasteiger partial charge on any atom is 0.263 e. The smallest absolute Gasteiger partial charge is 0.263 e. The number of aliphatic hydroxyl groups is 1. The second-order valence-corrected chi connectivity index (χ2v) is 7.21. The molecule has 0 spiro atoms. The van der Waals surface area contributed by atoms with Crippen molar-refractivity contribution >= 4 is 16.9 Å². The van der Waals surface area contributed by atoms with Crippen LogP contribution in [0.2, 0.25) is 0 Å². The van der Waals surface area contributed by atoms with E-state index in [2.05, 4.69) is 56.1 Å². The summed E-state index contributed by atoms with van der Waals surface area (Å²) in [5.74, 6) is 0.872. The minimum absolute atomic E-state index is 0.175. The Morgan fingerprint density at radius 1 is 1.15 bits per heavy atom. The van der Waals surface area contributed by atoms with Gasteiger partial charge in [-0.2, -0.15) is 4.98 Å². The van der Waals surface area contributed by atoms with Gasteiger partial charge in [-0.1, -0.05) is 35.0 Å². The standard InChI is InChI=1S/C20H25N5O2/c1-14-3-5-16(6-4-14)11-24-8-9-25(12-17(24)7-10-26)19-18-15(2)23-27-20(18)22-13-21-19/h3-6,13,17,26H,7-12H2,1-2H3/t17-/m0/s1. The summed E-state index contributed by atoms with van der Waals surface area (Å²) in [7, 11) is 0. The van der Waals surface area contributed by atoms with Crippen molar-refractivity contribution in [3.63, 3.8) is 0 Å². The van der Waals surface area contributed by atoms with Gasteiger partial charge >= 0.3 is 0 Å². The van der Waals surface area contributed by atoms with Gasteiger partial charge in [-0.15, -0.1) is 0 Å². The van der Waals surface area contributed by atoms with Crippen molar-refractivity contribution in [1.29, 1.82) is 0 Å². The second-order valence-electron chi connectivity index (χ2n) is 7.21. The minimum atomic E-state index is 0.175. The molecule has 0 bridgehead atoms. The average Bonchev–Trinajstić information content (AvgIpc) is 3.06. The number of anilines is 1. The molecule has 7 heteroatoms. The number of rotatable bonds is 5. The summed E-state index contributed by atoms with van der Waals surface area (Å²) < 4.78 is 5.29. The fourth-order valence-electron chi connectivity index (χ4n) is 3.79. The predicted octanol–water partition coefficient (Wildman–Crippen LogP) is 2.31. The van der Waals surface area contributed by atoms with Gasteiger partial charge in [-0.25, -0.2) is 4.98 Å². The maximum absolute atomic E-state index is 9.58. The molecule has 1 atom stereocenters. The van der Waals surface area contributed by atoms with Crippen molar-refractivity contribution in [2.24, 2.45) is 0 Å². The molecular formula is C20H25N5O2. The highest BCUT2D eigenvalue weighted by Crippen LogP contribution is 2.28. The van der Waals surface area contributed by atoms with Crippen LogP contribution in [0.25, 0.3) is 11.1 Å². The molecule has 1 N–H and O–H groups in total. The molecule has 27 heavy (non-hydrogen) atoms. The molecule has 1 fully saturated rings. The third-order valence-corrected chi connectivity index (χ3v) is 5.30. The molecule has 1 aromatic carbocycles. The van der Waals surface area contributed by atoms with Crippen molar-refractivity contribution in [3.8, 4) is 0 Å². The molecule has 7 nitrogen and oxygen atoms in total. The van der Waals surface area contributed by atoms with Crippen molar-refractivity contribution in [2.45, 2.75) is 32.9 Å². The van der Waals surface area contributed by atoms with Gasteiger partial charge in [0.2, 0.25) is 0 Å². The topological polar surface area (TPSA) is 78.5 Å². The number of hydrogen-bond donors (Lipinski definition) is 1. The zero-order valence-electron chi connectivity index (χ0n) is 15.8. The maximum atomic E-state index is 9.58. The monoisotopic (exact) mass is 367 g/mol. The van der Waals surface area contributed by atoms with E-state index >= 15 is 0 Å². The highest BCUT2D eigenvalue weighted by Gasteiger charge is 2.29. The van der Waals surface area contributed by atoms with Crippen LogP contribution in [-0.4, -0.2) is 57.4 Å². The van der Waals surface area contributed by atoms with Gasteiger partial charge in [0.1, 0.15) is 17.5 Å². The van der Waals surface area contributed by atoms with Crippen LogP contribution in [0, 0.1) is 13.8 Å². The first-order valence-corrected chi connectivity index (χ1v) is 9.38. The third-order valence-electron chi connectivity index (χ3n) is 5.30. The summed E-state index contributed by atoms with van der Waals surface area (Å²) in [5, 5.41) is 14.5. The average molecular weight is 367 g/mol. The van der Waals surface area contributed by atoms with Gasteiger partial charge in [-0.05, 0) is 25.8 Å². The lowest BCUT2D eigenvalue weighted by Crippen LogP contribution is -2.53. The summed E-state index contributed by atoms with van der Waals surface area (Å²) in [6, 6.07) is 8.94. The highest BCUT2D eigenvalue weighted by atomic mass is 16.5. The van der Waals surface area contributed by atoms with Gasteiger partial charge in [-0.3, -0.25) is 4.90 Å². The molecular weight excluding hydrogens is 342 g/mol. The van der Waals surface area contributed by atoms with Gasteiger partial charge in [0, 0.05) is 38.8 Å². The summed E-state index contributed by atoms with van der Waals surface area (Å²) in [6.45, 7) is 7.67. The van der Waals surface area contributed by atoms with E-state index in [0.29, 0.717) is 5.71 Å². The van der Waals surface area contributed by atoms with E-state index in [9.17, 15) is 5.11 Å². The molecule has 0 saturated carbocycles. The van der Waals surface area contributed by atoms with Gasteiger partial charge in [0.15, 0.2) is 0 Å². The fourth-order valence-corrected chi connectivity index (χ4v) is 3.79. The zero-order valence-corrected chi connectivity index (χ0v) is 15.8. The lowest BCUT2D eigenvalue weighted by atomic mass is 10.1. The fraction of sp³-hybridized carbons (Fsp3) is 0.450. The van der Waals surface area contributed by atoms with E-state index in [1.54, 1.807) is 0 Å². The quantitative estimate of drug-likeness (QED) is 0.741. The minimum Gasteiger partial charge on any atom is -0.396 e. The largest absolute Gasteiger partial charge is 0.396 e. The van der Waals surface area contributed by atoms with Crippen molar-refractivity contribution < 1.29 is 9.63 Å². The summed E-state index contributed by atoms with van der Waals surface area (Å²) in [4.78, 5) is 13.4. The molecule has 2 aromatic heterocycles. The Labute approximate surface area is 158 Å². The van der Waals surface area contributed by atoms with E-state index in [0.717, 1.165) is 49.5 Å². The Hall–Kier alpha value is -2.51. The van der Waals surface area contributed by atoms with Crippen molar-refractivity contribution in [2.75, 3.05) is 31.1 Å². The van der Waals surface area contributed by atoms with Crippen LogP contribution in [0.3, 0.4) is 0 Å². The molecule has 1 saturated heterocycles. The second kappa shape index (κ2) is 7.62. The number of aliphatic hydroxyl groups excluding tert-OH is 1.